The molecule has 140 valence electrons. The van der Waals surface area contributed by atoms with Crippen LogP contribution in [-0.4, -0.2) is 45.2 Å². The summed E-state index contributed by atoms with van der Waals surface area (Å²) in [7, 11) is -6.83. The molecule has 5 nitrogen and oxygen atoms in total. The van der Waals surface area contributed by atoms with Crippen LogP contribution in [-0.2, 0) is 32.7 Å². The van der Waals surface area contributed by atoms with E-state index in [1.807, 2.05) is 19.9 Å². The highest BCUT2D eigenvalue weighted by molar-refractivity contribution is 7.92. The van der Waals surface area contributed by atoms with Crippen molar-refractivity contribution in [1.29, 1.82) is 0 Å². The molecular weight excluding hydrogens is 358 g/mol. The van der Waals surface area contributed by atoms with Crippen LogP contribution in [0.1, 0.15) is 44.2 Å². The summed E-state index contributed by atoms with van der Waals surface area (Å²) in [6.07, 6.45) is 4.55. The standard InChI is InChI=1S/C18H27NO4S2/c1-14(2)12-19(17-9-10-24(20,21)13-17)25(22,23)18-8-7-15-5-3-4-6-16(15)11-18/h7-8,11,14,17H,3-6,9-10,12-13H2,1-2H3/t17-/m1/s1. The van der Waals surface area contributed by atoms with Crippen molar-refractivity contribution in [2.24, 2.45) is 5.92 Å². The minimum atomic E-state index is -3.69. The zero-order valence-electron chi connectivity index (χ0n) is 14.9. The Morgan fingerprint density at radius 3 is 2.44 bits per heavy atom. The van der Waals surface area contributed by atoms with Crippen molar-refractivity contribution >= 4 is 19.9 Å². The van der Waals surface area contributed by atoms with Gasteiger partial charge in [0.1, 0.15) is 0 Å². The van der Waals surface area contributed by atoms with E-state index < -0.39 is 25.9 Å². The minimum absolute atomic E-state index is 0.0656. The molecule has 1 saturated heterocycles. The number of nitrogens with zero attached hydrogens (tertiary/aromatic N) is 1. The molecule has 0 N–H and O–H groups in total. The second-order valence-electron chi connectivity index (χ2n) is 7.66. The minimum Gasteiger partial charge on any atom is -0.229 e. The Morgan fingerprint density at radius 1 is 1.16 bits per heavy atom. The lowest BCUT2D eigenvalue weighted by molar-refractivity contribution is 0.307. The van der Waals surface area contributed by atoms with Crippen molar-refractivity contribution < 1.29 is 16.8 Å². The zero-order chi connectivity index (χ0) is 18.2. The first kappa shape index (κ1) is 18.9. The Hall–Kier alpha value is -0.920. The average Bonchev–Trinajstić information content (AvgIpc) is 2.91. The molecule has 1 aliphatic heterocycles. The second kappa shape index (κ2) is 7.00. The molecule has 1 heterocycles. The third-order valence-corrected chi connectivity index (χ3v) is 8.75. The predicted molar refractivity (Wildman–Crippen MR) is 98.9 cm³/mol. The van der Waals surface area contributed by atoms with Gasteiger partial charge in [-0.25, -0.2) is 16.8 Å². The molecule has 2 aliphatic rings. The smallest absolute Gasteiger partial charge is 0.229 e. The topological polar surface area (TPSA) is 71.5 Å². The van der Waals surface area contributed by atoms with E-state index in [0.29, 0.717) is 17.9 Å². The molecule has 1 atom stereocenters. The molecule has 3 rings (SSSR count). The van der Waals surface area contributed by atoms with Crippen molar-refractivity contribution in [3.63, 3.8) is 0 Å². The normalized spacial score (nSPS) is 23.1. The fraction of sp³-hybridized carbons (Fsp3) is 0.667. The number of benzene rings is 1. The highest BCUT2D eigenvalue weighted by atomic mass is 32.2. The van der Waals surface area contributed by atoms with Gasteiger partial charge in [0, 0.05) is 12.6 Å². The average molecular weight is 386 g/mol. The maximum atomic E-state index is 13.3. The fourth-order valence-electron chi connectivity index (χ4n) is 3.81. The van der Waals surface area contributed by atoms with Crippen molar-refractivity contribution in [1.82, 2.24) is 4.31 Å². The van der Waals surface area contributed by atoms with E-state index in [0.717, 1.165) is 31.2 Å². The Morgan fingerprint density at radius 2 is 1.84 bits per heavy atom. The highest BCUT2D eigenvalue weighted by Gasteiger charge is 2.39. The summed E-state index contributed by atoms with van der Waals surface area (Å²) in [6.45, 7) is 4.26. The summed E-state index contributed by atoms with van der Waals surface area (Å²) >= 11 is 0. The van der Waals surface area contributed by atoms with E-state index in [2.05, 4.69) is 0 Å². The quantitative estimate of drug-likeness (QED) is 0.780. The van der Waals surface area contributed by atoms with Crippen LogP contribution < -0.4 is 0 Å². The van der Waals surface area contributed by atoms with Crippen molar-refractivity contribution in [3.8, 4) is 0 Å². The molecule has 0 aromatic heterocycles. The third kappa shape index (κ3) is 4.09. The zero-order valence-corrected chi connectivity index (χ0v) is 16.6. The van der Waals surface area contributed by atoms with Crippen LogP contribution in [0, 0.1) is 5.92 Å². The molecule has 1 fully saturated rings. The van der Waals surface area contributed by atoms with Crippen LogP contribution in [0.5, 0.6) is 0 Å². The van der Waals surface area contributed by atoms with E-state index >= 15 is 0 Å². The van der Waals surface area contributed by atoms with Crippen molar-refractivity contribution in [3.05, 3.63) is 29.3 Å². The summed E-state index contributed by atoms with van der Waals surface area (Å²) in [5.41, 5.74) is 2.36. The molecule has 0 unspecified atom stereocenters. The van der Waals surface area contributed by atoms with E-state index in [1.165, 1.54) is 9.87 Å². The van der Waals surface area contributed by atoms with Gasteiger partial charge in [-0.2, -0.15) is 4.31 Å². The lowest BCUT2D eigenvalue weighted by Crippen LogP contribution is -2.43. The number of aryl methyl sites for hydroxylation is 2. The van der Waals surface area contributed by atoms with Crippen LogP contribution >= 0.6 is 0 Å². The van der Waals surface area contributed by atoms with Gasteiger partial charge >= 0.3 is 0 Å². The van der Waals surface area contributed by atoms with E-state index in [-0.39, 0.29) is 17.4 Å². The molecule has 1 aromatic rings. The predicted octanol–water partition coefficient (Wildman–Crippen LogP) is 2.40. The molecule has 1 aliphatic carbocycles. The molecular formula is C18H27NO4S2. The largest absolute Gasteiger partial charge is 0.243 e. The summed E-state index contributed by atoms with van der Waals surface area (Å²) < 4.78 is 51.7. The molecule has 7 heteroatoms. The Balaban J connectivity index is 1.96. The number of sulfone groups is 1. The lowest BCUT2D eigenvalue weighted by Gasteiger charge is -2.29. The molecule has 0 bridgehead atoms. The second-order valence-corrected chi connectivity index (χ2v) is 11.8. The maximum Gasteiger partial charge on any atom is 0.243 e. The first-order chi connectivity index (χ1) is 11.7. The van der Waals surface area contributed by atoms with E-state index in [1.54, 1.807) is 12.1 Å². The van der Waals surface area contributed by atoms with Gasteiger partial charge in [0.25, 0.3) is 0 Å². The first-order valence-electron chi connectivity index (χ1n) is 9.03. The SMILES string of the molecule is CC(C)CN([C@@H]1CCS(=O)(=O)C1)S(=O)(=O)c1ccc2c(c1)CCCC2. The summed E-state index contributed by atoms with van der Waals surface area (Å²) in [4.78, 5) is 0.304. The fourth-order valence-corrected chi connectivity index (χ4v) is 7.51. The Bertz CT molecular complexity index is 844. The molecule has 0 amide bonds. The summed E-state index contributed by atoms with van der Waals surface area (Å²) in [6, 6.07) is 4.98. The van der Waals surface area contributed by atoms with Gasteiger partial charge in [-0.15, -0.1) is 0 Å². The van der Waals surface area contributed by atoms with Crippen LogP contribution in [0.3, 0.4) is 0 Å². The monoisotopic (exact) mass is 385 g/mol. The van der Waals surface area contributed by atoms with Gasteiger partial charge in [-0.1, -0.05) is 19.9 Å². The molecule has 0 spiro atoms. The number of fused-ring (bicyclic) bond motifs is 1. The first-order valence-corrected chi connectivity index (χ1v) is 12.3. The van der Waals surface area contributed by atoms with Crippen molar-refractivity contribution in [2.45, 2.75) is 56.9 Å². The van der Waals surface area contributed by atoms with E-state index in [4.69, 9.17) is 0 Å². The number of hydrogen-bond acceptors (Lipinski definition) is 4. The van der Waals surface area contributed by atoms with Crippen LogP contribution in [0.2, 0.25) is 0 Å². The van der Waals surface area contributed by atoms with E-state index in [9.17, 15) is 16.8 Å². The molecule has 1 aromatic carbocycles. The van der Waals surface area contributed by atoms with Gasteiger partial charge < -0.3 is 0 Å². The van der Waals surface area contributed by atoms with Crippen LogP contribution in [0.4, 0.5) is 0 Å². The summed E-state index contributed by atoms with van der Waals surface area (Å²) in [5, 5.41) is 0. The molecule has 0 saturated carbocycles. The highest BCUT2D eigenvalue weighted by Crippen LogP contribution is 2.29. The van der Waals surface area contributed by atoms with Gasteiger partial charge in [0.15, 0.2) is 9.84 Å². The Kier molecular flexibility index (Phi) is 5.28. The molecule has 25 heavy (non-hydrogen) atoms. The van der Waals surface area contributed by atoms with Gasteiger partial charge in [0.05, 0.1) is 16.4 Å². The number of sulfonamides is 1. The van der Waals surface area contributed by atoms with Gasteiger partial charge in [-0.05, 0) is 61.3 Å². The van der Waals surface area contributed by atoms with Crippen LogP contribution in [0.25, 0.3) is 0 Å². The third-order valence-electron chi connectivity index (χ3n) is 5.09. The van der Waals surface area contributed by atoms with Crippen LogP contribution in [0.15, 0.2) is 23.1 Å². The lowest BCUT2D eigenvalue weighted by atomic mass is 9.92. The number of hydrogen-bond donors (Lipinski definition) is 0. The summed E-state index contributed by atoms with van der Waals surface area (Å²) in [5.74, 6) is 0.145. The number of rotatable bonds is 5. The van der Waals surface area contributed by atoms with Gasteiger partial charge in [-0.3, -0.25) is 0 Å². The maximum absolute atomic E-state index is 13.3. The van der Waals surface area contributed by atoms with Crippen molar-refractivity contribution in [2.75, 3.05) is 18.1 Å². The Labute approximate surface area is 151 Å². The molecule has 0 radical (unpaired) electrons. The van der Waals surface area contributed by atoms with Gasteiger partial charge in [0.2, 0.25) is 10.0 Å².